The summed E-state index contributed by atoms with van der Waals surface area (Å²) in [5.74, 6) is -0.322. The maximum atomic E-state index is 13.4. The van der Waals surface area contributed by atoms with Crippen molar-refractivity contribution in [3.8, 4) is 17.2 Å². The van der Waals surface area contributed by atoms with Gasteiger partial charge in [-0.2, -0.15) is 10.4 Å². The van der Waals surface area contributed by atoms with E-state index in [1.165, 1.54) is 39.2 Å². The lowest BCUT2D eigenvalue weighted by Crippen LogP contribution is -2.60. The topological polar surface area (TPSA) is 110 Å². The molecule has 2 fully saturated rings. The molecule has 2 bridgehead atoms. The number of Topliss-reactive ketones (excluding diaryl/α,β-unsaturated/α-hetero) is 1. The third-order valence-corrected chi connectivity index (χ3v) is 8.20. The monoisotopic (exact) mass is 519 g/mol. The van der Waals surface area contributed by atoms with Gasteiger partial charge in [-0.3, -0.25) is 9.69 Å². The fraction of sp³-hybridized carbons (Fsp3) is 0.300. The normalized spacial score (nSPS) is 21.7. The van der Waals surface area contributed by atoms with Crippen LogP contribution in [-0.2, 0) is 9.47 Å². The molecule has 4 heterocycles. The number of hydrogen-bond acceptors (Lipinski definition) is 7. The van der Waals surface area contributed by atoms with E-state index in [4.69, 9.17) is 9.47 Å². The van der Waals surface area contributed by atoms with Crippen LogP contribution < -0.4 is 0 Å². The van der Waals surface area contributed by atoms with Crippen molar-refractivity contribution in [1.82, 2.24) is 19.5 Å². The molecule has 2 atom stereocenters. The number of amides is 1. The van der Waals surface area contributed by atoms with E-state index in [0.717, 1.165) is 0 Å². The number of rotatable bonds is 4. The van der Waals surface area contributed by atoms with Crippen LogP contribution in [0.15, 0.2) is 67.1 Å². The SMILES string of the molecule is N#Cc1cnn2cc(C(=O)C3CC4COCC(C3)N4C(=O)OCC3c4ccccc4-c4ccccc43)cnc12. The van der Waals surface area contributed by atoms with Crippen LogP contribution >= 0.6 is 0 Å². The van der Waals surface area contributed by atoms with Crippen LogP contribution in [0, 0.1) is 17.2 Å². The molecule has 0 spiro atoms. The number of hydrogen-bond donors (Lipinski definition) is 0. The number of benzene rings is 2. The largest absolute Gasteiger partial charge is 0.448 e. The summed E-state index contributed by atoms with van der Waals surface area (Å²) >= 11 is 0. The summed E-state index contributed by atoms with van der Waals surface area (Å²) in [5.41, 5.74) is 5.93. The average molecular weight is 520 g/mol. The van der Waals surface area contributed by atoms with Crippen molar-refractivity contribution in [2.45, 2.75) is 30.8 Å². The Hall–Kier alpha value is -4.55. The smallest absolute Gasteiger partial charge is 0.410 e. The van der Waals surface area contributed by atoms with Crippen molar-refractivity contribution in [1.29, 1.82) is 5.26 Å². The van der Waals surface area contributed by atoms with Gasteiger partial charge in [0.15, 0.2) is 11.4 Å². The van der Waals surface area contributed by atoms with Crippen molar-refractivity contribution in [3.05, 3.63) is 89.4 Å². The lowest BCUT2D eigenvalue weighted by Gasteiger charge is -2.47. The molecule has 2 aromatic heterocycles. The minimum Gasteiger partial charge on any atom is -0.448 e. The van der Waals surface area contributed by atoms with Crippen molar-refractivity contribution in [2.24, 2.45) is 5.92 Å². The number of piperidine rings is 1. The molecule has 1 aliphatic carbocycles. The van der Waals surface area contributed by atoms with E-state index in [9.17, 15) is 14.9 Å². The zero-order chi connectivity index (χ0) is 26.5. The van der Waals surface area contributed by atoms with E-state index >= 15 is 0 Å². The third kappa shape index (κ3) is 3.87. The number of carbonyl (C=O) groups is 2. The number of fused-ring (bicyclic) bond motifs is 6. The van der Waals surface area contributed by atoms with Gasteiger partial charge in [0.1, 0.15) is 18.2 Å². The Bertz CT molecular complexity index is 1600. The fourth-order valence-corrected chi connectivity index (χ4v) is 6.41. The van der Waals surface area contributed by atoms with Gasteiger partial charge in [0.05, 0.1) is 37.1 Å². The first-order chi connectivity index (χ1) is 19.1. The van der Waals surface area contributed by atoms with Gasteiger partial charge in [-0.15, -0.1) is 0 Å². The molecule has 0 radical (unpaired) electrons. The molecule has 4 aromatic rings. The maximum Gasteiger partial charge on any atom is 0.410 e. The van der Waals surface area contributed by atoms with Gasteiger partial charge in [-0.05, 0) is 35.1 Å². The maximum absolute atomic E-state index is 13.4. The molecule has 9 nitrogen and oxygen atoms in total. The first-order valence-corrected chi connectivity index (χ1v) is 13.1. The Kier molecular flexibility index (Phi) is 5.63. The number of morpholine rings is 1. The van der Waals surface area contributed by atoms with E-state index in [2.05, 4.69) is 34.3 Å². The van der Waals surface area contributed by atoms with Crippen molar-refractivity contribution >= 4 is 17.5 Å². The number of nitriles is 1. The molecular formula is C30H25N5O4. The number of ketones is 1. The molecule has 1 amide bonds. The predicted molar refractivity (Wildman–Crippen MR) is 140 cm³/mol. The zero-order valence-electron chi connectivity index (χ0n) is 21.1. The van der Waals surface area contributed by atoms with E-state index in [1.807, 2.05) is 30.3 Å². The minimum atomic E-state index is -0.357. The first kappa shape index (κ1) is 23.6. The average Bonchev–Trinajstić information content (AvgIpc) is 3.53. The highest BCUT2D eigenvalue weighted by Gasteiger charge is 2.45. The van der Waals surface area contributed by atoms with Crippen LogP contribution in [0.3, 0.4) is 0 Å². The summed E-state index contributed by atoms with van der Waals surface area (Å²) in [6.07, 6.45) is 5.18. The number of carbonyl (C=O) groups excluding carboxylic acids is 2. The molecule has 0 N–H and O–H groups in total. The second kappa shape index (κ2) is 9.33. The summed E-state index contributed by atoms with van der Waals surface area (Å²) in [4.78, 5) is 32.9. The van der Waals surface area contributed by atoms with Crippen molar-refractivity contribution in [3.63, 3.8) is 0 Å². The lowest BCUT2D eigenvalue weighted by atomic mass is 9.81. The highest BCUT2D eigenvalue weighted by Crippen LogP contribution is 2.44. The van der Waals surface area contributed by atoms with Gasteiger partial charge in [0, 0.05) is 24.2 Å². The molecule has 2 saturated heterocycles. The highest BCUT2D eigenvalue weighted by molar-refractivity contribution is 5.97. The van der Waals surface area contributed by atoms with Crippen LogP contribution in [0.4, 0.5) is 4.79 Å². The highest BCUT2D eigenvalue weighted by atomic mass is 16.6. The fourth-order valence-electron chi connectivity index (χ4n) is 6.41. The molecular weight excluding hydrogens is 494 g/mol. The standard InChI is InChI=1S/C30H25N5O4/c31-11-19-13-33-34-14-20(12-32-29(19)34)28(36)18-9-21-15-38-16-22(10-18)35(21)30(37)39-17-27-25-7-3-1-5-23(25)24-6-2-4-8-26(24)27/h1-8,12-14,18,21-22,27H,9-10,15-17H2. The van der Waals surface area contributed by atoms with Crippen molar-refractivity contribution < 1.29 is 19.1 Å². The summed E-state index contributed by atoms with van der Waals surface area (Å²) < 4.78 is 13.2. The Morgan fingerprint density at radius 1 is 1.00 bits per heavy atom. The zero-order valence-corrected chi connectivity index (χ0v) is 21.1. The summed E-state index contributed by atoms with van der Waals surface area (Å²) in [7, 11) is 0. The first-order valence-electron chi connectivity index (χ1n) is 13.1. The van der Waals surface area contributed by atoms with Gasteiger partial charge in [0.2, 0.25) is 0 Å². The van der Waals surface area contributed by atoms with E-state index in [0.29, 0.717) is 42.8 Å². The van der Waals surface area contributed by atoms with E-state index < -0.39 is 0 Å². The number of nitrogens with zero attached hydrogens (tertiary/aromatic N) is 5. The predicted octanol–water partition coefficient (Wildman–Crippen LogP) is 4.21. The second-order valence-electron chi connectivity index (χ2n) is 10.4. The number of aromatic nitrogens is 3. The summed E-state index contributed by atoms with van der Waals surface area (Å²) in [6, 6.07) is 18.1. The molecule has 3 aliphatic rings. The molecule has 39 heavy (non-hydrogen) atoms. The molecule has 7 rings (SSSR count). The van der Waals surface area contributed by atoms with Crippen molar-refractivity contribution in [2.75, 3.05) is 19.8 Å². The Morgan fingerprint density at radius 2 is 1.67 bits per heavy atom. The number of ether oxygens (including phenoxy) is 2. The molecule has 194 valence electrons. The van der Waals surface area contributed by atoms with E-state index in [1.54, 1.807) is 11.1 Å². The molecule has 9 heteroatoms. The van der Waals surface area contributed by atoms with E-state index in [-0.39, 0.29) is 42.4 Å². The van der Waals surface area contributed by atoms with Crippen LogP contribution in [0.25, 0.3) is 16.8 Å². The minimum absolute atomic E-state index is 0.0113. The molecule has 0 saturated carbocycles. The Balaban J connectivity index is 1.06. The van der Waals surface area contributed by atoms with Crippen LogP contribution in [-0.4, -0.2) is 63.3 Å². The van der Waals surface area contributed by atoms with Gasteiger partial charge >= 0.3 is 6.09 Å². The quantitative estimate of drug-likeness (QED) is 0.372. The Morgan fingerprint density at radius 3 is 2.33 bits per heavy atom. The second-order valence-corrected chi connectivity index (χ2v) is 10.4. The summed E-state index contributed by atoms with van der Waals surface area (Å²) in [5, 5.41) is 13.3. The third-order valence-electron chi connectivity index (χ3n) is 8.20. The van der Waals surface area contributed by atoms with Gasteiger partial charge in [-0.1, -0.05) is 48.5 Å². The van der Waals surface area contributed by atoms with Gasteiger partial charge in [-0.25, -0.2) is 14.3 Å². The molecule has 2 unspecified atom stereocenters. The van der Waals surface area contributed by atoms with Crippen LogP contribution in [0.1, 0.15) is 45.8 Å². The van der Waals surface area contributed by atoms with Crippen LogP contribution in [0.5, 0.6) is 0 Å². The molecule has 2 aromatic carbocycles. The van der Waals surface area contributed by atoms with Gasteiger partial charge < -0.3 is 9.47 Å². The lowest BCUT2D eigenvalue weighted by molar-refractivity contribution is -0.0747. The van der Waals surface area contributed by atoms with Gasteiger partial charge in [0.25, 0.3) is 0 Å². The molecule has 2 aliphatic heterocycles. The van der Waals surface area contributed by atoms with Crippen LogP contribution in [0.2, 0.25) is 0 Å². The Labute approximate surface area is 224 Å². The summed E-state index contributed by atoms with van der Waals surface area (Å²) in [6.45, 7) is 0.991.